The molecule has 2 N–H and O–H groups in total. The molecule has 6 heteroatoms. The number of ether oxygens (including phenoxy) is 1. The van der Waals surface area contributed by atoms with Crippen molar-refractivity contribution in [3.63, 3.8) is 0 Å². The highest BCUT2D eigenvalue weighted by molar-refractivity contribution is 5.80. The Morgan fingerprint density at radius 3 is 3.00 bits per heavy atom. The van der Waals surface area contributed by atoms with E-state index in [1.54, 1.807) is 7.11 Å². The van der Waals surface area contributed by atoms with E-state index in [4.69, 9.17) is 4.74 Å². The first kappa shape index (κ1) is 17.4. The molecule has 0 aliphatic carbocycles. The predicted molar refractivity (Wildman–Crippen MR) is 93.3 cm³/mol. The van der Waals surface area contributed by atoms with E-state index < -0.39 is 0 Å². The van der Waals surface area contributed by atoms with Crippen molar-refractivity contribution in [2.45, 2.75) is 25.8 Å². The third-order valence-electron chi connectivity index (χ3n) is 3.86. The van der Waals surface area contributed by atoms with E-state index in [0.717, 1.165) is 43.5 Å². The molecule has 1 unspecified atom stereocenters. The van der Waals surface area contributed by atoms with Crippen molar-refractivity contribution in [3.05, 3.63) is 24.3 Å². The first-order chi connectivity index (χ1) is 11.3. The standard InChI is InChI=1S/C17H27FN4O/c1-3-19-17(20-11-6-10-18)21-14-9-12-22(13-14)15-7-4-5-8-16(15)23-2/h4-5,7-8,14H,3,6,9-13H2,1-2H3,(H2,19,20,21). The SMILES string of the molecule is CCNC(=NCCCF)NC1CCN(c2ccccc2OC)C1. The fourth-order valence-corrected chi connectivity index (χ4v) is 2.75. The summed E-state index contributed by atoms with van der Waals surface area (Å²) in [6.45, 7) is 4.88. The van der Waals surface area contributed by atoms with Crippen molar-refractivity contribution in [3.8, 4) is 5.75 Å². The zero-order chi connectivity index (χ0) is 16.5. The largest absolute Gasteiger partial charge is 0.495 e. The Kier molecular flexibility index (Phi) is 6.97. The Hall–Kier alpha value is -1.98. The lowest BCUT2D eigenvalue weighted by Crippen LogP contribution is -2.44. The van der Waals surface area contributed by atoms with E-state index in [2.05, 4.69) is 26.6 Å². The Morgan fingerprint density at radius 1 is 1.43 bits per heavy atom. The van der Waals surface area contributed by atoms with Crippen molar-refractivity contribution in [2.75, 3.05) is 44.9 Å². The maximum Gasteiger partial charge on any atom is 0.191 e. The van der Waals surface area contributed by atoms with Gasteiger partial charge >= 0.3 is 0 Å². The summed E-state index contributed by atoms with van der Waals surface area (Å²) in [4.78, 5) is 6.73. The van der Waals surface area contributed by atoms with E-state index in [1.165, 1.54) is 0 Å². The molecule has 1 aliphatic rings. The average molecular weight is 322 g/mol. The van der Waals surface area contributed by atoms with Crippen LogP contribution >= 0.6 is 0 Å². The topological polar surface area (TPSA) is 48.9 Å². The molecule has 5 nitrogen and oxygen atoms in total. The minimum absolute atomic E-state index is 0.322. The van der Waals surface area contributed by atoms with Gasteiger partial charge in [-0.05, 0) is 31.9 Å². The van der Waals surface area contributed by atoms with Crippen LogP contribution in [0.4, 0.5) is 10.1 Å². The number of nitrogens with zero attached hydrogens (tertiary/aromatic N) is 2. The van der Waals surface area contributed by atoms with E-state index in [1.807, 2.05) is 25.1 Å². The first-order valence-corrected chi connectivity index (χ1v) is 8.27. The summed E-state index contributed by atoms with van der Waals surface area (Å²) in [5.74, 6) is 1.67. The first-order valence-electron chi connectivity index (χ1n) is 8.27. The highest BCUT2D eigenvalue weighted by Crippen LogP contribution is 2.30. The molecule has 1 heterocycles. The second kappa shape index (κ2) is 9.22. The second-order valence-corrected chi connectivity index (χ2v) is 5.55. The number of para-hydroxylation sites is 2. The molecule has 1 saturated heterocycles. The minimum atomic E-state index is -0.325. The summed E-state index contributed by atoms with van der Waals surface area (Å²) < 4.78 is 17.7. The fourth-order valence-electron chi connectivity index (χ4n) is 2.75. The number of methoxy groups -OCH3 is 1. The van der Waals surface area contributed by atoms with Crippen molar-refractivity contribution in [1.29, 1.82) is 0 Å². The molecule has 1 fully saturated rings. The lowest BCUT2D eigenvalue weighted by atomic mass is 10.2. The average Bonchev–Trinajstić information content (AvgIpc) is 3.03. The van der Waals surface area contributed by atoms with Crippen LogP contribution in [0.15, 0.2) is 29.3 Å². The molecule has 0 bridgehead atoms. The van der Waals surface area contributed by atoms with Gasteiger partial charge in [0.15, 0.2) is 5.96 Å². The fraction of sp³-hybridized carbons (Fsp3) is 0.588. The Bertz CT molecular complexity index is 509. The van der Waals surface area contributed by atoms with Crippen LogP contribution in [0.2, 0.25) is 0 Å². The summed E-state index contributed by atoms with van der Waals surface area (Å²) >= 11 is 0. The molecule has 23 heavy (non-hydrogen) atoms. The Balaban J connectivity index is 1.94. The molecule has 128 valence electrons. The van der Waals surface area contributed by atoms with Gasteiger partial charge in [0, 0.05) is 32.2 Å². The Morgan fingerprint density at radius 2 is 2.26 bits per heavy atom. The van der Waals surface area contributed by atoms with Gasteiger partial charge in [-0.1, -0.05) is 12.1 Å². The van der Waals surface area contributed by atoms with E-state index in [0.29, 0.717) is 19.0 Å². The summed E-state index contributed by atoms with van der Waals surface area (Å²) in [6.07, 6.45) is 1.50. The third kappa shape index (κ3) is 5.01. The lowest BCUT2D eigenvalue weighted by molar-refractivity contribution is 0.415. The van der Waals surface area contributed by atoms with Gasteiger partial charge in [-0.25, -0.2) is 0 Å². The van der Waals surface area contributed by atoms with Gasteiger partial charge in [0.2, 0.25) is 0 Å². The lowest BCUT2D eigenvalue weighted by Gasteiger charge is -2.22. The highest BCUT2D eigenvalue weighted by Gasteiger charge is 2.25. The number of hydrogen-bond acceptors (Lipinski definition) is 3. The maximum absolute atomic E-state index is 12.2. The van der Waals surface area contributed by atoms with Crippen LogP contribution in [0.3, 0.4) is 0 Å². The van der Waals surface area contributed by atoms with Gasteiger partial charge in [0.1, 0.15) is 5.75 Å². The number of nitrogens with one attached hydrogen (secondary N) is 2. The smallest absolute Gasteiger partial charge is 0.191 e. The number of alkyl halides is 1. The summed E-state index contributed by atoms with van der Waals surface area (Å²) in [6, 6.07) is 8.40. The van der Waals surface area contributed by atoms with Crippen LogP contribution < -0.4 is 20.3 Å². The van der Waals surface area contributed by atoms with Crippen LogP contribution in [0.1, 0.15) is 19.8 Å². The maximum atomic E-state index is 12.2. The number of anilines is 1. The number of benzene rings is 1. The van der Waals surface area contributed by atoms with Gasteiger partial charge in [-0.3, -0.25) is 9.38 Å². The van der Waals surface area contributed by atoms with Crippen molar-refractivity contribution in [1.82, 2.24) is 10.6 Å². The van der Waals surface area contributed by atoms with Crippen molar-refractivity contribution < 1.29 is 9.13 Å². The highest BCUT2D eigenvalue weighted by atomic mass is 19.1. The third-order valence-corrected chi connectivity index (χ3v) is 3.86. The van der Waals surface area contributed by atoms with Crippen molar-refractivity contribution in [2.24, 2.45) is 4.99 Å². The minimum Gasteiger partial charge on any atom is -0.495 e. The van der Waals surface area contributed by atoms with E-state index >= 15 is 0 Å². The van der Waals surface area contributed by atoms with Crippen LogP contribution in [0.5, 0.6) is 5.75 Å². The molecule has 2 rings (SSSR count). The molecule has 0 radical (unpaired) electrons. The van der Waals surface area contributed by atoms with E-state index in [9.17, 15) is 4.39 Å². The number of rotatable bonds is 7. The number of halogens is 1. The molecule has 0 spiro atoms. The van der Waals surface area contributed by atoms with Gasteiger partial charge < -0.3 is 20.3 Å². The van der Waals surface area contributed by atoms with Crippen molar-refractivity contribution >= 4 is 11.6 Å². The second-order valence-electron chi connectivity index (χ2n) is 5.55. The van der Waals surface area contributed by atoms with E-state index in [-0.39, 0.29) is 6.67 Å². The van der Waals surface area contributed by atoms with Crippen LogP contribution in [-0.4, -0.2) is 52.0 Å². The molecule has 1 atom stereocenters. The van der Waals surface area contributed by atoms with Crippen LogP contribution in [0, 0.1) is 0 Å². The molecular weight excluding hydrogens is 295 g/mol. The Labute approximate surface area is 137 Å². The van der Waals surface area contributed by atoms with Crippen LogP contribution in [0.25, 0.3) is 0 Å². The summed E-state index contributed by atoms with van der Waals surface area (Å²) in [7, 11) is 1.70. The molecular formula is C17H27FN4O. The number of guanidine groups is 1. The van der Waals surface area contributed by atoms with Gasteiger partial charge in [0.25, 0.3) is 0 Å². The number of hydrogen-bond donors (Lipinski definition) is 2. The molecule has 0 amide bonds. The van der Waals surface area contributed by atoms with Gasteiger partial charge in [-0.2, -0.15) is 0 Å². The molecule has 1 aromatic rings. The zero-order valence-electron chi connectivity index (χ0n) is 14.0. The summed E-state index contributed by atoms with van der Waals surface area (Å²) in [5, 5.41) is 6.67. The van der Waals surface area contributed by atoms with Gasteiger partial charge in [0.05, 0.1) is 19.5 Å². The normalized spacial score (nSPS) is 18.1. The molecule has 0 saturated carbocycles. The molecule has 1 aromatic carbocycles. The molecule has 1 aliphatic heterocycles. The monoisotopic (exact) mass is 322 g/mol. The number of aliphatic imine (C=N–C) groups is 1. The summed E-state index contributed by atoms with van der Waals surface area (Å²) in [5.41, 5.74) is 1.12. The molecule has 0 aromatic heterocycles. The quantitative estimate of drug-likeness (QED) is 0.459. The van der Waals surface area contributed by atoms with Gasteiger partial charge in [-0.15, -0.1) is 0 Å². The zero-order valence-corrected chi connectivity index (χ0v) is 14.0. The predicted octanol–water partition coefficient (Wildman–Crippen LogP) is 2.19. The van der Waals surface area contributed by atoms with Crippen LogP contribution in [-0.2, 0) is 0 Å².